The maximum atomic E-state index is 11.8. The second-order valence-corrected chi connectivity index (χ2v) is 6.13. The summed E-state index contributed by atoms with van der Waals surface area (Å²) < 4.78 is 0. The molecule has 2 aromatic rings. The molecule has 0 aromatic carbocycles. The van der Waals surface area contributed by atoms with Crippen molar-refractivity contribution in [3.63, 3.8) is 0 Å². The van der Waals surface area contributed by atoms with Crippen LogP contribution in [0.3, 0.4) is 0 Å². The van der Waals surface area contributed by atoms with Crippen LogP contribution in [0.1, 0.15) is 25.9 Å². The number of rotatable bonds is 4. The van der Waals surface area contributed by atoms with Crippen LogP contribution in [0.5, 0.6) is 0 Å². The Morgan fingerprint density at radius 1 is 1.42 bits per heavy atom. The van der Waals surface area contributed by atoms with Crippen LogP contribution in [0.25, 0.3) is 0 Å². The molecule has 0 unspecified atom stereocenters. The fourth-order valence-electron chi connectivity index (χ4n) is 1.59. The number of hydrogen-bond donors (Lipinski definition) is 2. The molecule has 0 aliphatic rings. The normalized spacial score (nSPS) is 10.4. The van der Waals surface area contributed by atoms with Crippen molar-refractivity contribution in [1.82, 2.24) is 4.98 Å². The Labute approximate surface area is 117 Å². The van der Waals surface area contributed by atoms with E-state index in [1.165, 1.54) is 11.3 Å². The summed E-state index contributed by atoms with van der Waals surface area (Å²) >= 11 is 2.56. The van der Waals surface area contributed by atoms with E-state index in [9.17, 15) is 9.59 Å². The van der Waals surface area contributed by atoms with E-state index in [2.05, 4.69) is 10.3 Å². The van der Waals surface area contributed by atoms with Gasteiger partial charge in [-0.1, -0.05) is 0 Å². The number of carboxylic acid groups (broad SMARTS) is 1. The van der Waals surface area contributed by atoms with Crippen molar-refractivity contribution in [2.24, 2.45) is 0 Å². The van der Waals surface area contributed by atoms with Crippen molar-refractivity contribution in [3.05, 3.63) is 32.6 Å². The highest BCUT2D eigenvalue weighted by atomic mass is 32.1. The van der Waals surface area contributed by atoms with E-state index in [0.29, 0.717) is 10.6 Å². The molecule has 0 spiro atoms. The van der Waals surface area contributed by atoms with Crippen molar-refractivity contribution < 1.29 is 14.7 Å². The second-order valence-electron chi connectivity index (χ2n) is 4.01. The molecule has 0 fully saturated rings. The van der Waals surface area contributed by atoms with Crippen molar-refractivity contribution in [3.8, 4) is 0 Å². The fraction of sp³-hybridized carbons (Fsp3) is 0.250. The van der Waals surface area contributed by atoms with E-state index in [-0.39, 0.29) is 17.2 Å². The van der Waals surface area contributed by atoms with Gasteiger partial charge in [0.15, 0.2) is 0 Å². The minimum absolute atomic E-state index is 0.191. The van der Waals surface area contributed by atoms with Crippen molar-refractivity contribution >= 4 is 39.6 Å². The number of anilines is 1. The van der Waals surface area contributed by atoms with Crippen LogP contribution in [0.4, 0.5) is 5.00 Å². The summed E-state index contributed by atoms with van der Waals surface area (Å²) in [4.78, 5) is 27.2. The van der Waals surface area contributed by atoms with Crippen LogP contribution < -0.4 is 5.32 Å². The lowest BCUT2D eigenvalue weighted by Crippen LogP contribution is -2.13. The van der Waals surface area contributed by atoms with Crippen LogP contribution >= 0.6 is 22.7 Å². The molecule has 1 amide bonds. The first-order chi connectivity index (χ1) is 8.95. The SMILES string of the molecule is Cc1nc(CC(=O)Nc2cc(C)c(C(=O)O)s2)cs1. The number of hydrogen-bond acceptors (Lipinski definition) is 5. The Kier molecular flexibility index (Phi) is 3.96. The molecule has 0 atom stereocenters. The van der Waals surface area contributed by atoms with E-state index in [1.807, 2.05) is 12.3 Å². The molecule has 100 valence electrons. The summed E-state index contributed by atoms with van der Waals surface area (Å²) in [5, 5.41) is 14.9. The number of thiophene rings is 1. The lowest BCUT2D eigenvalue weighted by molar-refractivity contribution is -0.115. The average molecular weight is 296 g/mol. The molecule has 7 heteroatoms. The predicted octanol–water partition coefficient (Wildman–Crippen LogP) is 2.70. The Hall–Kier alpha value is -1.73. The van der Waals surface area contributed by atoms with Crippen molar-refractivity contribution in [1.29, 1.82) is 0 Å². The molecular formula is C12H12N2O3S2. The Morgan fingerprint density at radius 3 is 2.68 bits per heavy atom. The standard InChI is InChI=1S/C12H12N2O3S2/c1-6-3-10(19-11(6)12(16)17)14-9(15)4-8-5-18-7(2)13-8/h3,5H,4H2,1-2H3,(H,14,15)(H,16,17). The van der Waals surface area contributed by atoms with Crippen LogP contribution in [0, 0.1) is 13.8 Å². The summed E-state index contributed by atoms with van der Waals surface area (Å²) in [5.74, 6) is -1.17. The van der Waals surface area contributed by atoms with Gasteiger partial charge in [0, 0.05) is 5.38 Å². The Bertz CT molecular complexity index is 631. The summed E-state index contributed by atoms with van der Waals surface area (Å²) in [6, 6.07) is 1.66. The lowest BCUT2D eigenvalue weighted by atomic mass is 10.3. The number of carbonyl (C=O) groups is 2. The summed E-state index contributed by atoms with van der Waals surface area (Å²) in [7, 11) is 0. The molecule has 0 saturated carbocycles. The third-order valence-corrected chi connectivity index (χ3v) is 4.35. The first-order valence-corrected chi connectivity index (χ1v) is 7.20. The molecular weight excluding hydrogens is 284 g/mol. The van der Waals surface area contributed by atoms with Crippen LogP contribution in [-0.2, 0) is 11.2 Å². The van der Waals surface area contributed by atoms with Gasteiger partial charge in [-0.2, -0.15) is 0 Å². The van der Waals surface area contributed by atoms with Gasteiger partial charge in [0.1, 0.15) is 4.88 Å². The van der Waals surface area contributed by atoms with E-state index >= 15 is 0 Å². The van der Waals surface area contributed by atoms with E-state index in [0.717, 1.165) is 22.0 Å². The molecule has 0 bridgehead atoms. The molecule has 0 radical (unpaired) electrons. The first-order valence-electron chi connectivity index (χ1n) is 5.50. The number of nitrogens with zero attached hydrogens (tertiary/aromatic N) is 1. The number of amides is 1. The molecule has 0 aliphatic heterocycles. The molecule has 2 heterocycles. The van der Waals surface area contributed by atoms with Gasteiger partial charge < -0.3 is 10.4 Å². The highest BCUT2D eigenvalue weighted by Crippen LogP contribution is 2.26. The lowest BCUT2D eigenvalue weighted by Gasteiger charge is -1.99. The first kappa shape index (κ1) is 13.7. The molecule has 19 heavy (non-hydrogen) atoms. The van der Waals surface area contributed by atoms with Crippen LogP contribution in [-0.4, -0.2) is 22.0 Å². The largest absolute Gasteiger partial charge is 0.477 e. The minimum Gasteiger partial charge on any atom is -0.477 e. The zero-order valence-electron chi connectivity index (χ0n) is 10.4. The van der Waals surface area contributed by atoms with Crippen LogP contribution in [0.2, 0.25) is 0 Å². The molecule has 2 aromatic heterocycles. The highest BCUT2D eigenvalue weighted by molar-refractivity contribution is 7.18. The van der Waals surface area contributed by atoms with Gasteiger partial charge in [0.05, 0.1) is 22.1 Å². The number of aryl methyl sites for hydroxylation is 2. The van der Waals surface area contributed by atoms with Crippen molar-refractivity contribution in [2.45, 2.75) is 20.3 Å². The number of thiazole rings is 1. The number of carboxylic acids is 1. The molecule has 0 saturated heterocycles. The number of aromatic nitrogens is 1. The monoisotopic (exact) mass is 296 g/mol. The smallest absolute Gasteiger partial charge is 0.346 e. The van der Waals surface area contributed by atoms with Gasteiger partial charge in [0.2, 0.25) is 5.91 Å². The maximum absolute atomic E-state index is 11.8. The second kappa shape index (κ2) is 5.50. The predicted molar refractivity (Wildman–Crippen MR) is 75.2 cm³/mol. The van der Waals surface area contributed by atoms with Gasteiger partial charge in [-0.3, -0.25) is 4.79 Å². The number of carbonyl (C=O) groups excluding carboxylic acids is 1. The number of aromatic carboxylic acids is 1. The fourth-order valence-corrected chi connectivity index (χ4v) is 3.13. The van der Waals surface area contributed by atoms with E-state index in [1.54, 1.807) is 13.0 Å². The summed E-state index contributed by atoms with van der Waals surface area (Å²) in [5.41, 5.74) is 1.38. The zero-order valence-corrected chi connectivity index (χ0v) is 12.0. The average Bonchev–Trinajstić information content (AvgIpc) is 2.85. The Morgan fingerprint density at radius 2 is 2.16 bits per heavy atom. The van der Waals surface area contributed by atoms with Gasteiger partial charge >= 0.3 is 5.97 Å². The Balaban J connectivity index is 2.03. The summed E-state index contributed by atoms with van der Waals surface area (Å²) in [6.07, 6.45) is 0.198. The molecule has 5 nitrogen and oxygen atoms in total. The van der Waals surface area contributed by atoms with Crippen LogP contribution in [0.15, 0.2) is 11.4 Å². The van der Waals surface area contributed by atoms with Gasteiger partial charge in [-0.15, -0.1) is 22.7 Å². The quantitative estimate of drug-likeness (QED) is 0.909. The summed E-state index contributed by atoms with van der Waals surface area (Å²) in [6.45, 7) is 3.59. The molecule has 2 N–H and O–H groups in total. The molecule has 0 aliphatic carbocycles. The third kappa shape index (κ3) is 3.39. The zero-order chi connectivity index (χ0) is 14.0. The van der Waals surface area contributed by atoms with E-state index < -0.39 is 5.97 Å². The topological polar surface area (TPSA) is 79.3 Å². The van der Waals surface area contributed by atoms with Gasteiger partial charge in [-0.25, -0.2) is 9.78 Å². The van der Waals surface area contributed by atoms with Gasteiger partial charge in [-0.05, 0) is 25.5 Å². The van der Waals surface area contributed by atoms with Gasteiger partial charge in [0.25, 0.3) is 0 Å². The maximum Gasteiger partial charge on any atom is 0.346 e. The highest BCUT2D eigenvalue weighted by Gasteiger charge is 2.14. The van der Waals surface area contributed by atoms with Crippen molar-refractivity contribution in [2.75, 3.05) is 5.32 Å². The molecule has 2 rings (SSSR count). The third-order valence-electron chi connectivity index (χ3n) is 2.38. The van der Waals surface area contributed by atoms with E-state index in [4.69, 9.17) is 5.11 Å². The number of nitrogens with one attached hydrogen (secondary N) is 1. The minimum atomic E-state index is -0.974.